The Kier molecular flexibility index (Phi) is 5.16. The smallest absolute Gasteiger partial charge is 0.232 e. The molecule has 0 unspecified atom stereocenters. The summed E-state index contributed by atoms with van der Waals surface area (Å²) in [7, 11) is 0. The van der Waals surface area contributed by atoms with Gasteiger partial charge in [-0.05, 0) is 49.9 Å². The maximum Gasteiger partial charge on any atom is 0.232 e. The minimum atomic E-state index is 0.358. The van der Waals surface area contributed by atoms with Crippen LogP contribution in [-0.2, 0) is 4.79 Å². The van der Waals surface area contributed by atoms with Gasteiger partial charge in [-0.1, -0.05) is 6.92 Å². The van der Waals surface area contributed by atoms with Crippen molar-refractivity contribution < 1.29 is 4.79 Å². The van der Waals surface area contributed by atoms with Gasteiger partial charge in [-0.2, -0.15) is 11.8 Å². The molecule has 0 aromatic heterocycles. The lowest BCUT2D eigenvalue weighted by Gasteiger charge is -2.20. The number of likely N-dealkylation sites (tertiary alicyclic amines) is 1. The Labute approximate surface area is 109 Å². The van der Waals surface area contributed by atoms with Gasteiger partial charge in [0, 0.05) is 13.1 Å². The second kappa shape index (κ2) is 6.64. The average Bonchev–Trinajstić information content (AvgIpc) is 2.68. The largest absolute Gasteiger partial charge is 0.342 e. The first kappa shape index (κ1) is 13.2. The van der Waals surface area contributed by atoms with Crippen molar-refractivity contribution in [2.45, 2.75) is 26.2 Å². The topological polar surface area (TPSA) is 32.3 Å². The van der Waals surface area contributed by atoms with Crippen LogP contribution < -0.4 is 5.32 Å². The number of carbonyl (C=O) groups is 1. The van der Waals surface area contributed by atoms with Gasteiger partial charge in [0.05, 0.1) is 5.75 Å². The van der Waals surface area contributed by atoms with E-state index in [2.05, 4.69) is 17.1 Å². The Morgan fingerprint density at radius 1 is 1.29 bits per heavy atom. The van der Waals surface area contributed by atoms with Gasteiger partial charge in [0.1, 0.15) is 0 Å². The monoisotopic (exact) mass is 256 g/mol. The Morgan fingerprint density at radius 3 is 2.53 bits per heavy atom. The van der Waals surface area contributed by atoms with Crippen LogP contribution in [0.3, 0.4) is 0 Å². The molecule has 2 saturated heterocycles. The van der Waals surface area contributed by atoms with Crippen molar-refractivity contribution in [3.63, 3.8) is 0 Å². The lowest BCUT2D eigenvalue weighted by molar-refractivity contribution is -0.128. The molecule has 2 aliphatic rings. The van der Waals surface area contributed by atoms with Crippen LogP contribution in [-0.4, -0.2) is 48.5 Å². The summed E-state index contributed by atoms with van der Waals surface area (Å²) < 4.78 is 0. The van der Waals surface area contributed by atoms with Gasteiger partial charge in [0.25, 0.3) is 0 Å². The van der Waals surface area contributed by atoms with Crippen LogP contribution in [0.5, 0.6) is 0 Å². The lowest BCUT2D eigenvalue weighted by Crippen LogP contribution is -2.34. The molecular formula is C13H24N2OS. The number of hydrogen-bond donors (Lipinski definition) is 1. The van der Waals surface area contributed by atoms with Gasteiger partial charge in [0.15, 0.2) is 0 Å². The van der Waals surface area contributed by atoms with Crippen LogP contribution in [0.1, 0.15) is 26.2 Å². The molecule has 98 valence electrons. The van der Waals surface area contributed by atoms with Crippen molar-refractivity contribution in [2.24, 2.45) is 11.8 Å². The van der Waals surface area contributed by atoms with E-state index in [-0.39, 0.29) is 0 Å². The SMILES string of the molecule is CCCSCC(=O)N1CC[C@@H]2CNC[C@@H]2CC1. The van der Waals surface area contributed by atoms with Gasteiger partial charge >= 0.3 is 0 Å². The molecule has 0 saturated carbocycles. The van der Waals surface area contributed by atoms with E-state index in [1.54, 1.807) is 11.8 Å². The van der Waals surface area contributed by atoms with Crippen LogP contribution >= 0.6 is 11.8 Å². The van der Waals surface area contributed by atoms with Crippen molar-refractivity contribution >= 4 is 17.7 Å². The summed E-state index contributed by atoms with van der Waals surface area (Å²) >= 11 is 1.78. The summed E-state index contributed by atoms with van der Waals surface area (Å²) in [6, 6.07) is 0. The van der Waals surface area contributed by atoms with Crippen molar-refractivity contribution in [2.75, 3.05) is 37.7 Å². The van der Waals surface area contributed by atoms with Crippen LogP contribution in [0, 0.1) is 11.8 Å². The fourth-order valence-corrected chi connectivity index (χ4v) is 3.65. The van der Waals surface area contributed by atoms with E-state index in [4.69, 9.17) is 0 Å². The summed E-state index contributed by atoms with van der Waals surface area (Å²) in [5.41, 5.74) is 0. The highest BCUT2D eigenvalue weighted by atomic mass is 32.2. The normalized spacial score (nSPS) is 28.9. The molecule has 2 fully saturated rings. The first-order valence-electron chi connectivity index (χ1n) is 6.87. The molecule has 0 aromatic carbocycles. The number of nitrogens with zero attached hydrogens (tertiary/aromatic N) is 1. The number of amides is 1. The molecular weight excluding hydrogens is 232 g/mol. The highest BCUT2D eigenvalue weighted by Gasteiger charge is 2.31. The van der Waals surface area contributed by atoms with Crippen molar-refractivity contribution in [3.05, 3.63) is 0 Å². The molecule has 2 heterocycles. The van der Waals surface area contributed by atoms with Crippen molar-refractivity contribution in [3.8, 4) is 0 Å². The van der Waals surface area contributed by atoms with E-state index in [1.807, 2.05) is 0 Å². The Bertz CT molecular complexity index is 246. The molecule has 1 amide bonds. The quantitative estimate of drug-likeness (QED) is 0.775. The van der Waals surface area contributed by atoms with E-state index >= 15 is 0 Å². The number of fused-ring (bicyclic) bond motifs is 1. The first-order valence-corrected chi connectivity index (χ1v) is 8.03. The van der Waals surface area contributed by atoms with Crippen molar-refractivity contribution in [1.29, 1.82) is 0 Å². The number of hydrogen-bond acceptors (Lipinski definition) is 3. The Hall–Kier alpha value is -0.220. The van der Waals surface area contributed by atoms with Crippen LogP contribution in [0.15, 0.2) is 0 Å². The molecule has 0 radical (unpaired) electrons. The van der Waals surface area contributed by atoms with Gasteiger partial charge in [-0.25, -0.2) is 0 Å². The predicted octanol–water partition coefficient (Wildman–Crippen LogP) is 1.59. The van der Waals surface area contributed by atoms with E-state index in [0.29, 0.717) is 11.7 Å². The van der Waals surface area contributed by atoms with E-state index in [1.165, 1.54) is 12.8 Å². The molecule has 4 heteroatoms. The highest BCUT2D eigenvalue weighted by Crippen LogP contribution is 2.27. The Morgan fingerprint density at radius 2 is 1.94 bits per heavy atom. The third kappa shape index (κ3) is 3.62. The fraction of sp³-hybridized carbons (Fsp3) is 0.923. The standard InChI is InChI=1S/C13H24N2OS/c1-2-7-17-10-13(16)15-5-3-11-8-14-9-12(11)4-6-15/h11-12,14H,2-10H2,1H3/t11-,12+. The minimum Gasteiger partial charge on any atom is -0.342 e. The summed E-state index contributed by atoms with van der Waals surface area (Å²) in [4.78, 5) is 14.1. The maximum atomic E-state index is 12.0. The van der Waals surface area contributed by atoms with Crippen LogP contribution in [0.2, 0.25) is 0 Å². The molecule has 17 heavy (non-hydrogen) atoms. The zero-order valence-corrected chi connectivity index (χ0v) is 11.6. The van der Waals surface area contributed by atoms with Gasteiger partial charge < -0.3 is 10.2 Å². The molecule has 0 aliphatic carbocycles. The molecule has 0 aromatic rings. The average molecular weight is 256 g/mol. The maximum absolute atomic E-state index is 12.0. The highest BCUT2D eigenvalue weighted by molar-refractivity contribution is 7.99. The number of thioether (sulfide) groups is 1. The zero-order valence-electron chi connectivity index (χ0n) is 10.8. The summed E-state index contributed by atoms with van der Waals surface area (Å²) in [6.07, 6.45) is 3.55. The summed E-state index contributed by atoms with van der Waals surface area (Å²) in [6.45, 7) is 6.45. The fourth-order valence-electron chi connectivity index (χ4n) is 2.86. The minimum absolute atomic E-state index is 0.358. The van der Waals surface area contributed by atoms with E-state index in [9.17, 15) is 4.79 Å². The summed E-state index contributed by atoms with van der Waals surface area (Å²) in [5, 5.41) is 3.47. The molecule has 2 rings (SSSR count). The van der Waals surface area contributed by atoms with Crippen LogP contribution in [0.4, 0.5) is 0 Å². The van der Waals surface area contributed by atoms with E-state index < -0.39 is 0 Å². The summed E-state index contributed by atoms with van der Waals surface area (Å²) in [5.74, 6) is 3.78. The molecule has 0 bridgehead atoms. The molecule has 3 nitrogen and oxygen atoms in total. The number of rotatable bonds is 4. The van der Waals surface area contributed by atoms with Gasteiger partial charge in [0.2, 0.25) is 5.91 Å². The van der Waals surface area contributed by atoms with Crippen molar-refractivity contribution in [1.82, 2.24) is 10.2 Å². The second-order valence-electron chi connectivity index (χ2n) is 5.19. The third-order valence-electron chi connectivity index (χ3n) is 3.95. The van der Waals surface area contributed by atoms with Crippen LogP contribution in [0.25, 0.3) is 0 Å². The molecule has 2 aliphatic heterocycles. The molecule has 0 spiro atoms. The number of nitrogens with one attached hydrogen (secondary N) is 1. The third-order valence-corrected chi connectivity index (χ3v) is 5.09. The van der Waals surface area contributed by atoms with Gasteiger partial charge in [-0.15, -0.1) is 0 Å². The molecule has 2 atom stereocenters. The predicted molar refractivity (Wildman–Crippen MR) is 73.3 cm³/mol. The molecule has 1 N–H and O–H groups in total. The second-order valence-corrected chi connectivity index (χ2v) is 6.29. The van der Waals surface area contributed by atoms with E-state index in [0.717, 1.165) is 50.2 Å². The Balaban J connectivity index is 1.76. The first-order chi connectivity index (χ1) is 8.31. The zero-order chi connectivity index (χ0) is 12.1. The van der Waals surface area contributed by atoms with Gasteiger partial charge in [-0.3, -0.25) is 4.79 Å². The number of carbonyl (C=O) groups excluding carboxylic acids is 1. The lowest BCUT2D eigenvalue weighted by atomic mass is 9.92.